The summed E-state index contributed by atoms with van der Waals surface area (Å²) in [5, 5.41) is 0.976. The molecule has 19 heavy (non-hydrogen) atoms. The highest BCUT2D eigenvalue weighted by Gasteiger charge is 2.27. The van der Waals surface area contributed by atoms with Crippen LogP contribution in [0.4, 0.5) is 0 Å². The number of rotatable bonds is 2. The molecule has 3 rings (SSSR count). The average molecular weight is 293 g/mol. The van der Waals surface area contributed by atoms with E-state index in [1.54, 1.807) is 0 Å². The Bertz CT molecular complexity index is 602. The van der Waals surface area contributed by atoms with Crippen molar-refractivity contribution in [3.05, 3.63) is 57.1 Å². The van der Waals surface area contributed by atoms with Crippen molar-refractivity contribution >= 4 is 23.2 Å². The molecule has 0 spiro atoms. The van der Waals surface area contributed by atoms with Crippen molar-refractivity contribution < 1.29 is 0 Å². The van der Waals surface area contributed by atoms with Crippen molar-refractivity contribution in [2.45, 2.75) is 32.1 Å². The first-order valence-electron chi connectivity index (χ1n) is 6.50. The van der Waals surface area contributed by atoms with Crippen molar-refractivity contribution in [1.82, 2.24) is 9.97 Å². The van der Waals surface area contributed by atoms with Crippen LogP contribution in [0.5, 0.6) is 0 Å². The summed E-state index contributed by atoms with van der Waals surface area (Å²) in [6.45, 7) is 2.00. The Balaban J connectivity index is 2.05. The Morgan fingerprint density at radius 2 is 1.84 bits per heavy atom. The van der Waals surface area contributed by atoms with Gasteiger partial charge < -0.3 is 0 Å². The van der Waals surface area contributed by atoms with Crippen LogP contribution < -0.4 is 0 Å². The second-order valence-corrected chi connectivity index (χ2v) is 5.50. The second kappa shape index (κ2) is 5.10. The molecule has 0 fully saturated rings. The molecule has 1 unspecified atom stereocenters. The lowest BCUT2D eigenvalue weighted by molar-refractivity contribution is 0.725. The molecule has 0 N–H and O–H groups in total. The van der Waals surface area contributed by atoms with Gasteiger partial charge in [0.05, 0.1) is 0 Å². The Kier molecular flexibility index (Phi) is 3.46. The fraction of sp³-hybridized carbons (Fsp3) is 0.333. The minimum atomic E-state index is 0.220. The highest BCUT2D eigenvalue weighted by molar-refractivity contribution is 6.34. The van der Waals surface area contributed by atoms with Crippen molar-refractivity contribution in [2.24, 2.45) is 0 Å². The van der Waals surface area contributed by atoms with Gasteiger partial charge in [-0.05, 0) is 30.4 Å². The molecule has 0 aliphatic heterocycles. The van der Waals surface area contributed by atoms with Gasteiger partial charge in [0.2, 0.25) is 0 Å². The topological polar surface area (TPSA) is 25.8 Å². The standard InChI is InChI=1S/C15H14Cl2N2/c1-2-10-13(16)18-15(19-14(10)17)12-8-7-9-5-3-4-6-11(9)12/h3-6,12H,2,7-8H2,1H3. The highest BCUT2D eigenvalue weighted by Crippen LogP contribution is 2.37. The number of hydrogen-bond donors (Lipinski definition) is 0. The van der Waals surface area contributed by atoms with Crippen LogP contribution in [0.1, 0.15) is 41.8 Å². The molecule has 0 saturated carbocycles. The summed E-state index contributed by atoms with van der Waals surface area (Å²) in [6.07, 6.45) is 2.84. The first kappa shape index (κ1) is 12.9. The second-order valence-electron chi connectivity index (χ2n) is 4.79. The van der Waals surface area contributed by atoms with E-state index in [9.17, 15) is 0 Å². The SMILES string of the molecule is CCc1c(Cl)nc(C2CCc3ccccc32)nc1Cl. The molecule has 0 amide bonds. The average Bonchev–Trinajstić information content (AvgIpc) is 2.82. The summed E-state index contributed by atoms with van der Waals surface area (Å²) in [7, 11) is 0. The van der Waals surface area contributed by atoms with Gasteiger partial charge in [-0.2, -0.15) is 0 Å². The summed E-state index contributed by atoms with van der Waals surface area (Å²) in [5.74, 6) is 0.967. The summed E-state index contributed by atoms with van der Waals surface area (Å²) < 4.78 is 0. The number of halogens is 2. The zero-order chi connectivity index (χ0) is 13.4. The lowest BCUT2D eigenvalue weighted by Crippen LogP contribution is -2.05. The molecular formula is C15H14Cl2N2. The van der Waals surface area contributed by atoms with Crippen LogP contribution in [-0.2, 0) is 12.8 Å². The van der Waals surface area contributed by atoms with Gasteiger partial charge in [-0.1, -0.05) is 54.4 Å². The molecule has 0 saturated heterocycles. The van der Waals surface area contributed by atoms with Gasteiger partial charge in [-0.15, -0.1) is 0 Å². The van der Waals surface area contributed by atoms with Crippen LogP contribution in [-0.4, -0.2) is 9.97 Å². The fourth-order valence-corrected chi connectivity index (χ4v) is 3.39. The van der Waals surface area contributed by atoms with Gasteiger partial charge in [0.15, 0.2) is 0 Å². The third-order valence-electron chi connectivity index (χ3n) is 3.72. The summed E-state index contributed by atoms with van der Waals surface area (Å²) in [6, 6.07) is 8.44. The number of aryl methyl sites for hydroxylation is 1. The third-order valence-corrected chi connectivity index (χ3v) is 4.35. The number of aromatic nitrogens is 2. The maximum absolute atomic E-state index is 6.20. The van der Waals surface area contributed by atoms with Crippen LogP contribution in [0.3, 0.4) is 0 Å². The first-order valence-corrected chi connectivity index (χ1v) is 7.26. The van der Waals surface area contributed by atoms with Crippen molar-refractivity contribution in [1.29, 1.82) is 0 Å². The molecule has 0 radical (unpaired) electrons. The molecule has 98 valence electrons. The van der Waals surface area contributed by atoms with Gasteiger partial charge in [0.25, 0.3) is 0 Å². The van der Waals surface area contributed by atoms with Gasteiger partial charge in [0, 0.05) is 11.5 Å². The maximum Gasteiger partial charge on any atom is 0.139 e. The zero-order valence-electron chi connectivity index (χ0n) is 10.7. The minimum absolute atomic E-state index is 0.220. The van der Waals surface area contributed by atoms with Gasteiger partial charge in [-0.25, -0.2) is 9.97 Å². The third kappa shape index (κ3) is 2.24. The Hall–Kier alpha value is -1.12. The summed E-state index contributed by atoms with van der Waals surface area (Å²) >= 11 is 12.4. The molecule has 4 heteroatoms. The molecule has 2 aromatic rings. The smallest absolute Gasteiger partial charge is 0.139 e. The Labute approximate surface area is 122 Å². The summed E-state index contributed by atoms with van der Waals surface area (Å²) in [5.41, 5.74) is 3.51. The number of benzene rings is 1. The number of fused-ring (bicyclic) bond motifs is 1. The van der Waals surface area contributed by atoms with Crippen molar-refractivity contribution in [3.63, 3.8) is 0 Å². The largest absolute Gasteiger partial charge is 0.220 e. The van der Waals surface area contributed by atoms with Gasteiger partial charge >= 0.3 is 0 Å². The predicted molar refractivity (Wildman–Crippen MR) is 78.0 cm³/mol. The van der Waals surface area contributed by atoms with Crippen LogP contribution in [0, 0.1) is 0 Å². The van der Waals surface area contributed by atoms with E-state index in [2.05, 4.69) is 34.2 Å². The zero-order valence-corrected chi connectivity index (χ0v) is 12.2. The number of nitrogens with zero attached hydrogens (tertiary/aromatic N) is 2. The molecular weight excluding hydrogens is 279 g/mol. The molecule has 1 atom stereocenters. The fourth-order valence-electron chi connectivity index (χ4n) is 2.72. The quantitative estimate of drug-likeness (QED) is 0.766. The van der Waals surface area contributed by atoms with E-state index in [-0.39, 0.29) is 5.92 Å². The van der Waals surface area contributed by atoms with Crippen LogP contribution in [0.25, 0.3) is 0 Å². The van der Waals surface area contributed by atoms with E-state index in [1.165, 1.54) is 11.1 Å². The van der Waals surface area contributed by atoms with Crippen molar-refractivity contribution in [2.75, 3.05) is 0 Å². The molecule has 0 bridgehead atoms. The van der Waals surface area contributed by atoms with E-state index >= 15 is 0 Å². The van der Waals surface area contributed by atoms with Crippen LogP contribution in [0.2, 0.25) is 10.3 Å². The lowest BCUT2D eigenvalue weighted by Gasteiger charge is -2.12. The highest BCUT2D eigenvalue weighted by atomic mass is 35.5. The van der Waals surface area contributed by atoms with E-state index in [1.807, 2.05) is 6.92 Å². The molecule has 1 aromatic carbocycles. The number of hydrogen-bond acceptors (Lipinski definition) is 2. The lowest BCUT2D eigenvalue weighted by atomic mass is 10.0. The molecule has 1 heterocycles. The molecule has 1 aliphatic rings. The van der Waals surface area contributed by atoms with Crippen LogP contribution in [0.15, 0.2) is 24.3 Å². The Morgan fingerprint density at radius 3 is 2.53 bits per heavy atom. The predicted octanol–water partition coefficient (Wildman–Crippen LogP) is 4.42. The normalized spacial score (nSPS) is 17.5. The molecule has 1 aliphatic carbocycles. The van der Waals surface area contributed by atoms with Crippen LogP contribution >= 0.6 is 23.2 Å². The molecule has 2 nitrogen and oxygen atoms in total. The van der Waals surface area contributed by atoms with E-state index in [0.29, 0.717) is 10.3 Å². The van der Waals surface area contributed by atoms with Crippen molar-refractivity contribution in [3.8, 4) is 0 Å². The molecule has 1 aromatic heterocycles. The first-order chi connectivity index (χ1) is 9.20. The minimum Gasteiger partial charge on any atom is -0.220 e. The van der Waals surface area contributed by atoms with Gasteiger partial charge in [0.1, 0.15) is 16.1 Å². The monoisotopic (exact) mass is 292 g/mol. The van der Waals surface area contributed by atoms with E-state index in [0.717, 1.165) is 30.7 Å². The Morgan fingerprint density at radius 1 is 1.16 bits per heavy atom. The van der Waals surface area contributed by atoms with Gasteiger partial charge in [-0.3, -0.25) is 0 Å². The maximum atomic E-state index is 6.20. The summed E-state index contributed by atoms with van der Waals surface area (Å²) in [4.78, 5) is 8.91. The van der Waals surface area contributed by atoms with E-state index < -0.39 is 0 Å². The van der Waals surface area contributed by atoms with E-state index in [4.69, 9.17) is 23.2 Å².